The van der Waals surface area contributed by atoms with Gasteiger partial charge in [0.15, 0.2) is 0 Å². The number of amides is 1. The van der Waals surface area contributed by atoms with Crippen LogP contribution in [0.3, 0.4) is 0 Å². The van der Waals surface area contributed by atoms with Crippen molar-refractivity contribution < 1.29 is 9.53 Å². The minimum atomic E-state index is 0.107. The van der Waals surface area contributed by atoms with E-state index in [1.165, 1.54) is 0 Å². The predicted octanol–water partition coefficient (Wildman–Crippen LogP) is 2.95. The van der Waals surface area contributed by atoms with E-state index in [9.17, 15) is 4.79 Å². The van der Waals surface area contributed by atoms with Crippen molar-refractivity contribution in [2.75, 3.05) is 20.2 Å². The highest BCUT2D eigenvalue weighted by atomic mass is 35.5. The summed E-state index contributed by atoms with van der Waals surface area (Å²) in [6.07, 6.45) is 7.93. The Morgan fingerprint density at radius 3 is 3.09 bits per heavy atom. The van der Waals surface area contributed by atoms with Gasteiger partial charge in [0.25, 0.3) is 0 Å². The van der Waals surface area contributed by atoms with E-state index in [-0.39, 0.29) is 5.91 Å². The number of imidazole rings is 1. The Balaban J connectivity index is 1.69. The smallest absolute Gasteiger partial charge is 0.227 e. The molecule has 1 saturated heterocycles. The van der Waals surface area contributed by atoms with Gasteiger partial charge in [-0.3, -0.25) is 4.79 Å². The maximum atomic E-state index is 12.7. The highest BCUT2D eigenvalue weighted by molar-refractivity contribution is 6.30. The maximum absolute atomic E-state index is 12.7. The molecule has 1 aliphatic heterocycles. The molecule has 0 N–H and O–H groups in total. The number of methoxy groups -OCH3 is 1. The van der Waals surface area contributed by atoms with Gasteiger partial charge in [-0.25, -0.2) is 4.98 Å². The Morgan fingerprint density at radius 1 is 1.48 bits per heavy atom. The van der Waals surface area contributed by atoms with Crippen molar-refractivity contribution in [1.82, 2.24) is 14.5 Å². The molecule has 1 fully saturated rings. The molecular weight excluding hydrogens is 314 g/mol. The van der Waals surface area contributed by atoms with Crippen molar-refractivity contribution in [3.8, 4) is 5.75 Å². The Kier molecular flexibility index (Phi) is 4.86. The number of rotatable bonds is 4. The second kappa shape index (κ2) is 7.04. The summed E-state index contributed by atoms with van der Waals surface area (Å²) in [7, 11) is 1.60. The van der Waals surface area contributed by atoms with Crippen LogP contribution in [-0.2, 0) is 11.2 Å². The topological polar surface area (TPSA) is 47.4 Å². The first-order valence-electron chi connectivity index (χ1n) is 7.75. The van der Waals surface area contributed by atoms with E-state index in [0.29, 0.717) is 23.2 Å². The van der Waals surface area contributed by atoms with Gasteiger partial charge in [-0.05, 0) is 31.0 Å². The monoisotopic (exact) mass is 333 g/mol. The van der Waals surface area contributed by atoms with E-state index in [1.54, 1.807) is 31.5 Å². The average Bonchev–Trinajstić information content (AvgIpc) is 3.10. The molecule has 0 unspecified atom stereocenters. The lowest BCUT2D eigenvalue weighted by molar-refractivity contribution is -0.132. The largest absolute Gasteiger partial charge is 0.496 e. The quantitative estimate of drug-likeness (QED) is 0.864. The fraction of sp³-hybridized carbons (Fsp3) is 0.412. The van der Waals surface area contributed by atoms with E-state index < -0.39 is 0 Å². The van der Waals surface area contributed by atoms with Crippen LogP contribution in [0.4, 0.5) is 0 Å². The van der Waals surface area contributed by atoms with Gasteiger partial charge in [0, 0.05) is 36.1 Å². The average molecular weight is 334 g/mol. The summed E-state index contributed by atoms with van der Waals surface area (Å²) in [6, 6.07) is 5.67. The summed E-state index contributed by atoms with van der Waals surface area (Å²) in [6.45, 7) is 1.52. The van der Waals surface area contributed by atoms with Gasteiger partial charge in [-0.15, -0.1) is 0 Å². The van der Waals surface area contributed by atoms with Crippen molar-refractivity contribution in [2.24, 2.45) is 0 Å². The van der Waals surface area contributed by atoms with Crippen molar-refractivity contribution in [3.05, 3.63) is 47.5 Å². The number of nitrogens with zero attached hydrogens (tertiary/aromatic N) is 3. The lowest BCUT2D eigenvalue weighted by Gasteiger charge is -2.33. The molecule has 0 saturated carbocycles. The van der Waals surface area contributed by atoms with Crippen molar-refractivity contribution in [3.63, 3.8) is 0 Å². The minimum Gasteiger partial charge on any atom is -0.496 e. The molecule has 2 aromatic rings. The molecule has 1 aliphatic rings. The first kappa shape index (κ1) is 15.9. The summed E-state index contributed by atoms with van der Waals surface area (Å²) in [5, 5.41) is 0.614. The number of likely N-dealkylation sites (tertiary alicyclic amines) is 1. The Hall–Kier alpha value is -2.01. The first-order valence-corrected chi connectivity index (χ1v) is 8.13. The molecule has 0 aliphatic carbocycles. The van der Waals surface area contributed by atoms with Crippen molar-refractivity contribution >= 4 is 17.5 Å². The zero-order valence-electron chi connectivity index (χ0n) is 13.1. The van der Waals surface area contributed by atoms with E-state index >= 15 is 0 Å². The lowest BCUT2D eigenvalue weighted by Crippen LogP contribution is -2.41. The third kappa shape index (κ3) is 3.67. The molecule has 2 heterocycles. The Labute approximate surface area is 140 Å². The number of piperidine rings is 1. The van der Waals surface area contributed by atoms with Gasteiger partial charge in [0.05, 0.1) is 25.9 Å². The standard InChI is InChI=1S/C17H20ClN3O2/c1-23-16-5-4-14(18)9-13(16)10-17(22)20-7-2-3-15(11-20)21-8-6-19-12-21/h4-6,8-9,12,15H,2-3,7,10-11H2,1H3/t15-/m1/s1. The number of halogens is 1. The molecule has 0 spiro atoms. The number of carbonyl (C=O) groups excluding carboxylic acids is 1. The summed E-state index contributed by atoms with van der Waals surface area (Å²) >= 11 is 6.04. The molecule has 0 radical (unpaired) electrons. The summed E-state index contributed by atoms with van der Waals surface area (Å²) in [4.78, 5) is 18.7. The predicted molar refractivity (Wildman–Crippen MR) is 88.8 cm³/mol. The van der Waals surface area contributed by atoms with E-state index in [4.69, 9.17) is 16.3 Å². The van der Waals surface area contributed by atoms with E-state index in [0.717, 1.165) is 31.5 Å². The van der Waals surface area contributed by atoms with Gasteiger partial charge >= 0.3 is 0 Å². The highest BCUT2D eigenvalue weighted by Gasteiger charge is 2.25. The number of aromatic nitrogens is 2. The Morgan fingerprint density at radius 2 is 2.35 bits per heavy atom. The Bertz CT molecular complexity index is 672. The normalized spacial score (nSPS) is 18.0. The van der Waals surface area contributed by atoms with Crippen LogP contribution in [0, 0.1) is 0 Å². The van der Waals surface area contributed by atoms with Gasteiger partial charge in [-0.2, -0.15) is 0 Å². The summed E-state index contributed by atoms with van der Waals surface area (Å²) in [5.41, 5.74) is 0.828. The molecule has 1 aromatic heterocycles. The van der Waals surface area contributed by atoms with Crippen LogP contribution in [0.5, 0.6) is 5.75 Å². The van der Waals surface area contributed by atoms with Crippen LogP contribution < -0.4 is 4.74 Å². The van der Waals surface area contributed by atoms with Crippen molar-refractivity contribution in [2.45, 2.75) is 25.3 Å². The molecule has 1 amide bonds. The van der Waals surface area contributed by atoms with Crippen LogP contribution >= 0.6 is 11.6 Å². The second-order valence-corrected chi connectivity index (χ2v) is 6.22. The van der Waals surface area contributed by atoms with Crippen LogP contribution in [0.15, 0.2) is 36.9 Å². The molecule has 23 heavy (non-hydrogen) atoms. The van der Waals surface area contributed by atoms with Crippen LogP contribution in [0.1, 0.15) is 24.4 Å². The van der Waals surface area contributed by atoms with Gasteiger partial charge in [0.1, 0.15) is 5.75 Å². The fourth-order valence-corrected chi connectivity index (χ4v) is 3.26. The molecule has 1 atom stereocenters. The van der Waals surface area contributed by atoms with Gasteiger partial charge in [-0.1, -0.05) is 11.6 Å². The first-order chi connectivity index (χ1) is 11.2. The van der Waals surface area contributed by atoms with Crippen LogP contribution in [0.25, 0.3) is 0 Å². The number of benzene rings is 1. The van der Waals surface area contributed by atoms with Gasteiger partial charge in [0.2, 0.25) is 5.91 Å². The molecule has 122 valence electrons. The zero-order chi connectivity index (χ0) is 16.2. The SMILES string of the molecule is COc1ccc(Cl)cc1CC(=O)N1CCC[C@@H](n2ccnc2)C1. The molecule has 3 rings (SSSR count). The lowest BCUT2D eigenvalue weighted by atomic mass is 10.0. The highest BCUT2D eigenvalue weighted by Crippen LogP contribution is 2.25. The van der Waals surface area contributed by atoms with E-state index in [1.807, 2.05) is 17.4 Å². The van der Waals surface area contributed by atoms with Crippen LogP contribution in [0.2, 0.25) is 5.02 Å². The van der Waals surface area contributed by atoms with Crippen molar-refractivity contribution in [1.29, 1.82) is 0 Å². The summed E-state index contributed by atoms with van der Waals surface area (Å²) in [5.74, 6) is 0.807. The number of ether oxygens (including phenoxy) is 1. The van der Waals surface area contributed by atoms with Crippen LogP contribution in [-0.4, -0.2) is 40.6 Å². The third-order valence-corrected chi connectivity index (χ3v) is 4.51. The summed E-state index contributed by atoms with van der Waals surface area (Å²) < 4.78 is 7.41. The van der Waals surface area contributed by atoms with E-state index in [2.05, 4.69) is 9.55 Å². The molecular formula is C17H20ClN3O2. The zero-order valence-corrected chi connectivity index (χ0v) is 13.9. The number of carbonyl (C=O) groups is 1. The molecule has 1 aromatic carbocycles. The molecule has 0 bridgehead atoms. The fourth-order valence-electron chi connectivity index (χ4n) is 3.07. The molecule has 6 heteroatoms. The molecule has 5 nitrogen and oxygen atoms in total. The number of hydrogen-bond donors (Lipinski definition) is 0. The minimum absolute atomic E-state index is 0.107. The van der Waals surface area contributed by atoms with Gasteiger partial charge < -0.3 is 14.2 Å². The number of hydrogen-bond acceptors (Lipinski definition) is 3. The second-order valence-electron chi connectivity index (χ2n) is 5.78. The third-order valence-electron chi connectivity index (χ3n) is 4.28. The maximum Gasteiger partial charge on any atom is 0.227 e.